The third-order valence-electron chi connectivity index (χ3n) is 4.43. The van der Waals surface area contributed by atoms with Crippen LogP contribution < -0.4 is 5.32 Å². The van der Waals surface area contributed by atoms with Crippen molar-refractivity contribution in [3.05, 3.63) is 69.7 Å². The standard InChI is InChI=1S/C22H26Cl2N2O2S/c1-3-20(22(28)25-4-2)26(13-17-10-11-18(23)12-19(17)24)21(27)15-29-14-16-8-6-5-7-9-16/h5-12,20H,3-4,13-15H2,1-2H3,(H,25,28)/t20-/m0/s1. The summed E-state index contributed by atoms with van der Waals surface area (Å²) < 4.78 is 0. The molecule has 1 N–H and O–H groups in total. The van der Waals surface area contributed by atoms with Crippen LogP contribution in [0.25, 0.3) is 0 Å². The number of carbonyl (C=O) groups is 2. The highest BCUT2D eigenvalue weighted by Gasteiger charge is 2.28. The van der Waals surface area contributed by atoms with Crippen molar-refractivity contribution in [3.8, 4) is 0 Å². The summed E-state index contributed by atoms with van der Waals surface area (Å²) in [5, 5.41) is 3.85. The third kappa shape index (κ3) is 7.25. The van der Waals surface area contributed by atoms with Crippen LogP contribution >= 0.6 is 35.0 Å². The summed E-state index contributed by atoms with van der Waals surface area (Å²) >= 11 is 13.9. The van der Waals surface area contributed by atoms with Crippen molar-refractivity contribution < 1.29 is 9.59 Å². The lowest BCUT2D eigenvalue weighted by Crippen LogP contribution is -2.49. The molecule has 0 unspecified atom stereocenters. The van der Waals surface area contributed by atoms with E-state index in [4.69, 9.17) is 23.2 Å². The van der Waals surface area contributed by atoms with Gasteiger partial charge in [0.2, 0.25) is 11.8 Å². The van der Waals surface area contributed by atoms with E-state index in [2.05, 4.69) is 5.32 Å². The molecule has 0 bridgehead atoms. The van der Waals surface area contributed by atoms with Gasteiger partial charge in [-0.1, -0.05) is 66.5 Å². The highest BCUT2D eigenvalue weighted by molar-refractivity contribution is 7.99. The average molecular weight is 453 g/mol. The van der Waals surface area contributed by atoms with Gasteiger partial charge in [0.25, 0.3) is 0 Å². The third-order valence-corrected chi connectivity index (χ3v) is 6.01. The van der Waals surface area contributed by atoms with Gasteiger partial charge in [-0.25, -0.2) is 0 Å². The van der Waals surface area contributed by atoms with E-state index < -0.39 is 6.04 Å². The lowest BCUT2D eigenvalue weighted by Gasteiger charge is -2.30. The van der Waals surface area contributed by atoms with Gasteiger partial charge in [0.1, 0.15) is 6.04 Å². The molecule has 0 aliphatic carbocycles. The first-order chi connectivity index (χ1) is 14.0. The summed E-state index contributed by atoms with van der Waals surface area (Å²) in [5.74, 6) is 0.785. The molecule has 0 saturated carbocycles. The lowest BCUT2D eigenvalue weighted by molar-refractivity contribution is -0.139. The molecular formula is C22H26Cl2N2O2S. The van der Waals surface area contributed by atoms with Gasteiger partial charge in [0.05, 0.1) is 5.75 Å². The molecule has 2 rings (SSSR count). The maximum atomic E-state index is 13.1. The van der Waals surface area contributed by atoms with Crippen LogP contribution in [-0.4, -0.2) is 35.1 Å². The van der Waals surface area contributed by atoms with Crippen molar-refractivity contribution in [3.63, 3.8) is 0 Å². The van der Waals surface area contributed by atoms with Crippen molar-refractivity contribution in [1.29, 1.82) is 0 Å². The molecule has 7 heteroatoms. The molecule has 29 heavy (non-hydrogen) atoms. The molecule has 2 aromatic carbocycles. The monoisotopic (exact) mass is 452 g/mol. The van der Waals surface area contributed by atoms with Crippen molar-refractivity contribution in [2.45, 2.75) is 38.6 Å². The minimum Gasteiger partial charge on any atom is -0.355 e. The predicted octanol–water partition coefficient (Wildman–Crippen LogP) is 5.17. The number of rotatable bonds is 10. The highest BCUT2D eigenvalue weighted by atomic mass is 35.5. The second-order valence-electron chi connectivity index (χ2n) is 6.55. The Kier molecular flexibility index (Phi) is 9.85. The van der Waals surface area contributed by atoms with Gasteiger partial charge in [-0.3, -0.25) is 9.59 Å². The molecule has 0 fully saturated rings. The van der Waals surface area contributed by atoms with Crippen LogP contribution in [0.5, 0.6) is 0 Å². The molecular weight excluding hydrogens is 427 g/mol. The summed E-state index contributed by atoms with van der Waals surface area (Å²) in [6.07, 6.45) is 0.520. The van der Waals surface area contributed by atoms with E-state index in [0.29, 0.717) is 23.0 Å². The van der Waals surface area contributed by atoms with E-state index in [1.165, 1.54) is 11.8 Å². The number of hydrogen-bond acceptors (Lipinski definition) is 3. The zero-order valence-corrected chi connectivity index (χ0v) is 19.0. The quantitative estimate of drug-likeness (QED) is 0.540. The van der Waals surface area contributed by atoms with E-state index in [0.717, 1.165) is 16.9 Å². The maximum Gasteiger partial charge on any atom is 0.242 e. The van der Waals surface area contributed by atoms with Gasteiger partial charge in [-0.15, -0.1) is 11.8 Å². The molecule has 0 heterocycles. The minimum atomic E-state index is -0.550. The van der Waals surface area contributed by atoms with Crippen molar-refractivity contribution >= 4 is 46.8 Å². The van der Waals surface area contributed by atoms with Crippen LogP contribution in [-0.2, 0) is 21.9 Å². The molecule has 0 spiro atoms. The van der Waals surface area contributed by atoms with Crippen molar-refractivity contribution in [2.75, 3.05) is 12.3 Å². The molecule has 0 aliphatic rings. The molecule has 156 valence electrons. The van der Waals surface area contributed by atoms with E-state index in [-0.39, 0.29) is 24.1 Å². The van der Waals surface area contributed by atoms with Gasteiger partial charge in [0, 0.05) is 28.9 Å². The van der Waals surface area contributed by atoms with Crippen LogP contribution in [0.2, 0.25) is 10.0 Å². The Labute approximate surface area is 187 Å². The maximum absolute atomic E-state index is 13.1. The molecule has 2 amide bonds. The van der Waals surface area contributed by atoms with Crippen LogP contribution in [0.4, 0.5) is 0 Å². The topological polar surface area (TPSA) is 49.4 Å². The molecule has 1 atom stereocenters. The Hall–Kier alpha value is -1.69. The van der Waals surface area contributed by atoms with Gasteiger partial charge < -0.3 is 10.2 Å². The lowest BCUT2D eigenvalue weighted by atomic mass is 10.1. The predicted molar refractivity (Wildman–Crippen MR) is 122 cm³/mol. The smallest absolute Gasteiger partial charge is 0.242 e. The van der Waals surface area contributed by atoms with E-state index in [9.17, 15) is 9.59 Å². The zero-order chi connectivity index (χ0) is 21.2. The fraction of sp³-hybridized carbons (Fsp3) is 0.364. The molecule has 0 aliphatic heterocycles. The number of halogens is 2. The molecule has 4 nitrogen and oxygen atoms in total. The Morgan fingerprint density at radius 1 is 1.10 bits per heavy atom. The van der Waals surface area contributed by atoms with Gasteiger partial charge in [-0.05, 0) is 36.6 Å². The molecule has 0 radical (unpaired) electrons. The Balaban J connectivity index is 2.15. The fourth-order valence-corrected chi connectivity index (χ4v) is 4.30. The van der Waals surface area contributed by atoms with Crippen molar-refractivity contribution in [2.24, 2.45) is 0 Å². The number of carbonyl (C=O) groups excluding carboxylic acids is 2. The van der Waals surface area contributed by atoms with Crippen LogP contribution in [0.3, 0.4) is 0 Å². The van der Waals surface area contributed by atoms with Crippen LogP contribution in [0.15, 0.2) is 48.5 Å². The van der Waals surface area contributed by atoms with Gasteiger partial charge >= 0.3 is 0 Å². The number of likely N-dealkylation sites (N-methyl/N-ethyl adjacent to an activating group) is 1. The van der Waals surface area contributed by atoms with Crippen molar-refractivity contribution in [1.82, 2.24) is 10.2 Å². The summed E-state index contributed by atoms with van der Waals surface area (Å²) in [4.78, 5) is 27.3. The van der Waals surface area contributed by atoms with Gasteiger partial charge in [-0.2, -0.15) is 0 Å². The summed E-state index contributed by atoms with van der Waals surface area (Å²) in [5.41, 5.74) is 1.92. The summed E-state index contributed by atoms with van der Waals surface area (Å²) in [6.45, 7) is 4.54. The normalized spacial score (nSPS) is 11.7. The average Bonchev–Trinajstić information content (AvgIpc) is 2.70. The van der Waals surface area contributed by atoms with Gasteiger partial charge in [0.15, 0.2) is 0 Å². The van der Waals surface area contributed by atoms with E-state index in [1.54, 1.807) is 23.1 Å². The first-order valence-corrected chi connectivity index (χ1v) is 11.5. The number of nitrogens with zero attached hydrogens (tertiary/aromatic N) is 1. The summed E-state index contributed by atoms with van der Waals surface area (Å²) in [6, 6.07) is 14.6. The number of hydrogen-bond donors (Lipinski definition) is 1. The minimum absolute atomic E-state index is 0.0879. The molecule has 2 aromatic rings. The molecule has 0 saturated heterocycles. The molecule has 0 aromatic heterocycles. The van der Waals surface area contributed by atoms with Crippen LogP contribution in [0, 0.1) is 0 Å². The number of nitrogens with one attached hydrogen (secondary N) is 1. The number of amides is 2. The first kappa shape index (κ1) is 23.6. The van der Waals surface area contributed by atoms with Crippen LogP contribution in [0.1, 0.15) is 31.4 Å². The fourth-order valence-electron chi connectivity index (χ4n) is 2.96. The Morgan fingerprint density at radius 3 is 2.45 bits per heavy atom. The first-order valence-electron chi connectivity index (χ1n) is 9.59. The summed E-state index contributed by atoms with van der Waals surface area (Å²) in [7, 11) is 0. The second-order valence-corrected chi connectivity index (χ2v) is 8.38. The largest absolute Gasteiger partial charge is 0.355 e. The SMILES string of the molecule is CCNC(=O)[C@H](CC)N(Cc1ccc(Cl)cc1Cl)C(=O)CSCc1ccccc1. The number of thioether (sulfide) groups is 1. The van der Waals surface area contributed by atoms with E-state index >= 15 is 0 Å². The Bertz CT molecular complexity index is 818. The van der Waals surface area contributed by atoms with E-state index in [1.807, 2.05) is 44.2 Å². The second kappa shape index (κ2) is 12.1. The number of benzene rings is 2. The highest BCUT2D eigenvalue weighted by Crippen LogP contribution is 2.24. The Morgan fingerprint density at radius 2 is 1.83 bits per heavy atom. The zero-order valence-electron chi connectivity index (χ0n) is 16.7.